The zero-order valence-electron chi connectivity index (χ0n) is 17.2. The molecule has 0 aliphatic heterocycles. The Labute approximate surface area is 210 Å². The van der Waals surface area contributed by atoms with Gasteiger partial charge in [0, 0.05) is 15.5 Å². The number of hydrogen-bond donors (Lipinski definition) is 1. The van der Waals surface area contributed by atoms with E-state index in [9.17, 15) is 9.59 Å². The Morgan fingerprint density at radius 1 is 0.935 bits per heavy atom. The number of nitrogens with zero attached hydrogens (tertiary/aromatic N) is 3. The number of alkyl halides is 1. The van der Waals surface area contributed by atoms with Crippen molar-refractivity contribution in [1.82, 2.24) is 19.5 Å². The number of aryl methyl sites for hydroxylation is 1. The lowest BCUT2D eigenvalue weighted by Gasteiger charge is -2.04. The van der Waals surface area contributed by atoms with E-state index in [1.165, 1.54) is 17.2 Å². The molecule has 0 unspecified atom stereocenters. The number of fused-ring (bicyclic) bond motifs is 2. The van der Waals surface area contributed by atoms with Gasteiger partial charge in [0.15, 0.2) is 0 Å². The molecule has 0 saturated heterocycles. The van der Waals surface area contributed by atoms with E-state index in [0.717, 1.165) is 27.4 Å². The van der Waals surface area contributed by atoms with Gasteiger partial charge in [-0.05, 0) is 53.7 Å². The lowest BCUT2D eigenvalue weighted by Crippen LogP contribution is -2.20. The minimum absolute atomic E-state index is 0.0364. The summed E-state index contributed by atoms with van der Waals surface area (Å²) in [5.41, 5.74) is 1.37. The van der Waals surface area contributed by atoms with E-state index in [1.54, 1.807) is 23.0 Å². The van der Waals surface area contributed by atoms with Crippen LogP contribution in [0.2, 0.25) is 0 Å². The van der Waals surface area contributed by atoms with Crippen molar-refractivity contribution in [3.05, 3.63) is 78.7 Å². The molecular weight excluding hydrogens is 639 g/mol. The van der Waals surface area contributed by atoms with Crippen molar-refractivity contribution in [2.75, 3.05) is 4.43 Å². The molecular formula is C22H23Br2IN4O2. The zero-order chi connectivity index (χ0) is 22.8. The first-order valence-electron chi connectivity index (χ1n) is 9.74. The maximum atomic E-state index is 11.9. The summed E-state index contributed by atoms with van der Waals surface area (Å²) >= 11 is 9.01. The van der Waals surface area contributed by atoms with Crippen LogP contribution in [0.4, 0.5) is 0 Å². The minimum Gasteiger partial charge on any atom is -0.313 e. The predicted molar refractivity (Wildman–Crippen MR) is 143 cm³/mol. The second-order valence-electron chi connectivity index (χ2n) is 6.49. The average molecular weight is 662 g/mol. The highest BCUT2D eigenvalue weighted by atomic mass is 127. The molecule has 0 saturated carbocycles. The number of rotatable bonds is 3. The molecule has 1 N–H and O–H groups in total. The molecule has 2 aromatic carbocycles. The maximum absolute atomic E-state index is 11.9. The summed E-state index contributed by atoms with van der Waals surface area (Å²) < 4.78 is 4.80. The van der Waals surface area contributed by atoms with E-state index in [1.807, 2.05) is 31.2 Å². The monoisotopic (exact) mass is 660 g/mol. The van der Waals surface area contributed by atoms with Gasteiger partial charge in [0.2, 0.25) is 0 Å². The number of aromatic nitrogens is 4. The summed E-state index contributed by atoms with van der Waals surface area (Å²) in [7, 11) is 0. The second kappa shape index (κ2) is 13.1. The molecule has 0 spiro atoms. The maximum Gasteiger partial charge on any atom is 0.261 e. The third-order valence-electron chi connectivity index (χ3n) is 4.04. The van der Waals surface area contributed by atoms with E-state index in [-0.39, 0.29) is 11.1 Å². The molecule has 0 amide bonds. The molecule has 2 aromatic heterocycles. The Kier molecular flexibility index (Phi) is 10.8. The SMILES string of the molecule is CCCI.CCCn1cnc2cc(Br)ccc2c1=O.O=c1[nH]cnc2cc(Br)ccc12. The van der Waals surface area contributed by atoms with Crippen molar-refractivity contribution in [3.63, 3.8) is 0 Å². The molecule has 0 aliphatic carbocycles. The summed E-state index contributed by atoms with van der Waals surface area (Å²) in [6, 6.07) is 10.9. The third-order valence-corrected chi connectivity index (χ3v) is 6.11. The van der Waals surface area contributed by atoms with Gasteiger partial charge in [-0.2, -0.15) is 0 Å². The Morgan fingerprint density at radius 2 is 1.52 bits per heavy atom. The lowest BCUT2D eigenvalue weighted by molar-refractivity contribution is 0.648. The molecule has 0 bridgehead atoms. The number of nitrogens with one attached hydrogen (secondary N) is 1. The molecule has 0 atom stereocenters. The first-order valence-corrected chi connectivity index (χ1v) is 12.9. The standard InChI is InChI=1S/C11H11BrN2O.C8H5BrN2O.C3H7I/c1-2-5-14-7-13-10-6-8(12)3-4-9(10)11(14)15;9-5-1-2-6-7(3-5)10-4-11-8(6)12;1-2-3-4/h3-4,6-7H,2,5H2,1H3;1-4H,(H,10,11,12);2-3H2,1H3. The number of benzene rings is 2. The fraction of sp³-hybridized carbons (Fsp3) is 0.273. The molecule has 9 heteroatoms. The molecule has 4 rings (SSSR count). The summed E-state index contributed by atoms with van der Waals surface area (Å²) in [5, 5.41) is 1.29. The van der Waals surface area contributed by atoms with E-state index < -0.39 is 0 Å². The van der Waals surface area contributed by atoms with Crippen molar-refractivity contribution in [2.24, 2.45) is 0 Å². The molecule has 0 aliphatic rings. The smallest absolute Gasteiger partial charge is 0.261 e. The first-order chi connectivity index (χ1) is 14.9. The molecule has 0 fully saturated rings. The van der Waals surface area contributed by atoms with Gasteiger partial charge >= 0.3 is 0 Å². The van der Waals surface area contributed by atoms with E-state index in [4.69, 9.17) is 0 Å². The van der Waals surface area contributed by atoms with Crippen molar-refractivity contribution in [2.45, 2.75) is 33.2 Å². The van der Waals surface area contributed by atoms with E-state index in [0.29, 0.717) is 16.3 Å². The summed E-state index contributed by atoms with van der Waals surface area (Å²) in [6.45, 7) is 4.93. The number of halogens is 3. The molecule has 2 heterocycles. The Morgan fingerprint density at radius 3 is 2.10 bits per heavy atom. The minimum atomic E-state index is -0.104. The largest absolute Gasteiger partial charge is 0.313 e. The Hall–Kier alpha value is -1.59. The highest BCUT2D eigenvalue weighted by Crippen LogP contribution is 2.15. The van der Waals surface area contributed by atoms with Crippen LogP contribution >= 0.6 is 54.5 Å². The van der Waals surface area contributed by atoms with Gasteiger partial charge in [-0.1, -0.05) is 68.3 Å². The summed E-state index contributed by atoms with van der Waals surface area (Å²) in [5.74, 6) is 0. The Balaban J connectivity index is 0.000000192. The third kappa shape index (κ3) is 7.50. The highest BCUT2D eigenvalue weighted by Gasteiger charge is 2.03. The predicted octanol–water partition coefficient (Wildman–Crippen LogP) is 6.09. The normalized spacial score (nSPS) is 10.2. The van der Waals surface area contributed by atoms with Gasteiger partial charge in [-0.3, -0.25) is 14.2 Å². The fourth-order valence-corrected chi connectivity index (χ4v) is 3.27. The van der Waals surface area contributed by atoms with Crippen LogP contribution < -0.4 is 11.1 Å². The van der Waals surface area contributed by atoms with Crippen molar-refractivity contribution < 1.29 is 0 Å². The molecule has 4 aromatic rings. The van der Waals surface area contributed by atoms with Gasteiger partial charge in [0.05, 0.1) is 34.5 Å². The van der Waals surface area contributed by atoms with Crippen LogP contribution in [0, 0.1) is 0 Å². The molecule has 6 nitrogen and oxygen atoms in total. The van der Waals surface area contributed by atoms with Crippen molar-refractivity contribution in [3.8, 4) is 0 Å². The van der Waals surface area contributed by atoms with Crippen LogP contribution in [-0.2, 0) is 6.54 Å². The summed E-state index contributed by atoms with van der Waals surface area (Å²) in [6.07, 6.45) is 5.25. The highest BCUT2D eigenvalue weighted by molar-refractivity contribution is 14.1. The first kappa shape index (κ1) is 25.7. The van der Waals surface area contributed by atoms with Gasteiger partial charge in [-0.25, -0.2) is 9.97 Å². The number of aromatic amines is 1. The van der Waals surface area contributed by atoms with E-state index in [2.05, 4.69) is 76.3 Å². The van der Waals surface area contributed by atoms with Crippen LogP contribution in [0.1, 0.15) is 26.7 Å². The lowest BCUT2D eigenvalue weighted by atomic mass is 10.2. The fourth-order valence-electron chi connectivity index (χ4n) is 2.57. The Bertz CT molecular complexity index is 1260. The quantitative estimate of drug-likeness (QED) is 0.213. The van der Waals surface area contributed by atoms with Crippen LogP contribution in [0.5, 0.6) is 0 Å². The van der Waals surface area contributed by atoms with Crippen LogP contribution in [-0.4, -0.2) is 23.9 Å². The van der Waals surface area contributed by atoms with Crippen molar-refractivity contribution >= 4 is 76.3 Å². The summed E-state index contributed by atoms with van der Waals surface area (Å²) in [4.78, 5) is 33.9. The van der Waals surface area contributed by atoms with Gasteiger partial charge in [0.1, 0.15) is 0 Å². The van der Waals surface area contributed by atoms with Gasteiger partial charge < -0.3 is 4.98 Å². The molecule has 31 heavy (non-hydrogen) atoms. The number of hydrogen-bond acceptors (Lipinski definition) is 4. The molecule has 164 valence electrons. The van der Waals surface area contributed by atoms with Gasteiger partial charge in [0.25, 0.3) is 11.1 Å². The van der Waals surface area contributed by atoms with Crippen LogP contribution in [0.3, 0.4) is 0 Å². The zero-order valence-corrected chi connectivity index (χ0v) is 22.6. The van der Waals surface area contributed by atoms with Crippen LogP contribution in [0.25, 0.3) is 21.8 Å². The average Bonchev–Trinajstić information content (AvgIpc) is 2.76. The van der Waals surface area contributed by atoms with Gasteiger partial charge in [-0.15, -0.1) is 0 Å². The van der Waals surface area contributed by atoms with E-state index >= 15 is 0 Å². The second-order valence-corrected chi connectivity index (χ2v) is 9.40. The van der Waals surface area contributed by atoms with Crippen molar-refractivity contribution in [1.29, 1.82) is 0 Å². The molecule has 0 radical (unpaired) electrons. The topological polar surface area (TPSA) is 80.6 Å². The van der Waals surface area contributed by atoms with Crippen LogP contribution in [0.15, 0.2) is 67.6 Å². The number of H-pyrrole nitrogens is 1.